The average molecular weight is 345 g/mol. The second kappa shape index (κ2) is 8.68. The number of aromatic nitrogens is 2. The summed E-state index contributed by atoms with van der Waals surface area (Å²) in [6, 6.07) is 10.1. The molecule has 5 nitrogen and oxygen atoms in total. The molecule has 2 N–H and O–H groups in total. The molecule has 0 radical (unpaired) electrons. The van der Waals surface area contributed by atoms with Gasteiger partial charge in [0.1, 0.15) is 0 Å². The van der Waals surface area contributed by atoms with Crippen LogP contribution in [0.15, 0.2) is 40.3 Å². The van der Waals surface area contributed by atoms with E-state index < -0.39 is 0 Å². The molecule has 24 heavy (non-hydrogen) atoms. The normalized spacial score (nSPS) is 12.0. The number of hydrogen-bond acceptors (Lipinski definition) is 4. The molecule has 1 heterocycles. The standard InChI is InChI=1S/C18H23N3O2S/c1-4-12(2)19-16(22)10-15-13(3)20-18(21-17(15)23)24-11-14-8-6-5-7-9-14/h5-9,12H,4,10-11H2,1-3H3,(H,19,22)(H,20,21,23). The number of amides is 1. The number of carbonyl (C=O) groups is 1. The van der Waals surface area contributed by atoms with Crippen molar-refractivity contribution in [3.05, 3.63) is 57.5 Å². The van der Waals surface area contributed by atoms with Gasteiger partial charge in [-0.1, -0.05) is 49.0 Å². The third-order valence-electron chi connectivity index (χ3n) is 3.78. The number of rotatable bonds is 7. The largest absolute Gasteiger partial charge is 0.353 e. The number of aryl methyl sites for hydroxylation is 1. The topological polar surface area (TPSA) is 74.8 Å². The predicted molar refractivity (Wildman–Crippen MR) is 97.2 cm³/mol. The van der Waals surface area contributed by atoms with Crippen molar-refractivity contribution in [2.24, 2.45) is 0 Å². The second-order valence-corrected chi connectivity index (χ2v) is 6.73. The maximum absolute atomic E-state index is 12.3. The third-order valence-corrected chi connectivity index (χ3v) is 4.72. The molecule has 2 aromatic rings. The molecule has 128 valence electrons. The van der Waals surface area contributed by atoms with E-state index in [-0.39, 0.29) is 23.9 Å². The maximum atomic E-state index is 12.3. The van der Waals surface area contributed by atoms with E-state index in [1.165, 1.54) is 17.3 Å². The van der Waals surface area contributed by atoms with Crippen LogP contribution in [0.25, 0.3) is 0 Å². The molecule has 6 heteroatoms. The summed E-state index contributed by atoms with van der Waals surface area (Å²) in [5.74, 6) is 0.585. The van der Waals surface area contributed by atoms with Gasteiger partial charge in [-0.3, -0.25) is 9.59 Å². The molecule has 0 aliphatic rings. The summed E-state index contributed by atoms with van der Waals surface area (Å²) < 4.78 is 0. The maximum Gasteiger partial charge on any atom is 0.255 e. The molecule has 0 saturated carbocycles. The molecule has 2 rings (SSSR count). The molecule has 0 fully saturated rings. The molecule has 1 atom stereocenters. The van der Waals surface area contributed by atoms with Crippen molar-refractivity contribution < 1.29 is 4.79 Å². The van der Waals surface area contributed by atoms with Crippen molar-refractivity contribution in [1.82, 2.24) is 15.3 Å². The zero-order chi connectivity index (χ0) is 17.5. The zero-order valence-corrected chi connectivity index (χ0v) is 15.1. The summed E-state index contributed by atoms with van der Waals surface area (Å²) >= 11 is 1.48. The molecule has 1 aromatic carbocycles. The summed E-state index contributed by atoms with van der Waals surface area (Å²) in [6.45, 7) is 5.72. The van der Waals surface area contributed by atoms with Crippen molar-refractivity contribution in [1.29, 1.82) is 0 Å². The molecular formula is C18H23N3O2S. The minimum absolute atomic E-state index is 0.0577. The van der Waals surface area contributed by atoms with Gasteiger partial charge in [-0.05, 0) is 25.8 Å². The fourth-order valence-corrected chi connectivity index (χ4v) is 3.04. The molecule has 0 bridgehead atoms. The molecule has 1 amide bonds. The molecule has 0 aliphatic heterocycles. The highest BCUT2D eigenvalue weighted by molar-refractivity contribution is 7.98. The van der Waals surface area contributed by atoms with Gasteiger partial charge in [0.2, 0.25) is 5.91 Å². The van der Waals surface area contributed by atoms with E-state index in [0.29, 0.717) is 16.4 Å². The number of hydrogen-bond donors (Lipinski definition) is 2. The van der Waals surface area contributed by atoms with Crippen LogP contribution in [-0.2, 0) is 17.0 Å². The van der Waals surface area contributed by atoms with Crippen LogP contribution in [0.1, 0.15) is 37.1 Å². The Kier molecular flexibility index (Phi) is 6.61. The number of benzene rings is 1. The van der Waals surface area contributed by atoms with Crippen LogP contribution in [0.2, 0.25) is 0 Å². The molecule has 1 unspecified atom stereocenters. The highest BCUT2D eigenvalue weighted by Crippen LogP contribution is 2.18. The lowest BCUT2D eigenvalue weighted by molar-refractivity contribution is -0.121. The molecular weight excluding hydrogens is 322 g/mol. The number of thioether (sulfide) groups is 1. The Bertz CT molecular complexity index is 744. The SMILES string of the molecule is CCC(C)NC(=O)Cc1c(C)nc(SCc2ccccc2)[nH]c1=O. The Hall–Kier alpha value is -2.08. The Morgan fingerprint density at radius 1 is 1.33 bits per heavy atom. The van der Waals surface area contributed by atoms with Crippen molar-refractivity contribution in [3.63, 3.8) is 0 Å². The summed E-state index contributed by atoms with van der Waals surface area (Å²) in [5.41, 5.74) is 1.96. The average Bonchev–Trinajstić information content (AvgIpc) is 2.57. The Balaban J connectivity index is 2.05. The number of carbonyl (C=O) groups excluding carboxylic acids is 1. The molecule has 0 spiro atoms. The van der Waals surface area contributed by atoms with E-state index in [1.54, 1.807) is 6.92 Å². The van der Waals surface area contributed by atoms with Crippen LogP contribution in [0, 0.1) is 6.92 Å². The molecule has 0 saturated heterocycles. The van der Waals surface area contributed by atoms with Crippen LogP contribution >= 0.6 is 11.8 Å². The summed E-state index contributed by atoms with van der Waals surface area (Å²) in [5, 5.41) is 3.45. The lowest BCUT2D eigenvalue weighted by Gasteiger charge is -2.12. The fraction of sp³-hybridized carbons (Fsp3) is 0.389. The van der Waals surface area contributed by atoms with E-state index in [2.05, 4.69) is 15.3 Å². The highest BCUT2D eigenvalue weighted by atomic mass is 32.2. The quantitative estimate of drug-likeness (QED) is 0.598. The smallest absolute Gasteiger partial charge is 0.255 e. The highest BCUT2D eigenvalue weighted by Gasteiger charge is 2.14. The van der Waals surface area contributed by atoms with Crippen LogP contribution in [0.3, 0.4) is 0 Å². The first-order chi connectivity index (χ1) is 11.5. The summed E-state index contributed by atoms with van der Waals surface area (Å²) in [6.07, 6.45) is 0.913. The lowest BCUT2D eigenvalue weighted by Crippen LogP contribution is -2.35. The van der Waals surface area contributed by atoms with Gasteiger partial charge < -0.3 is 10.3 Å². The molecule has 1 aromatic heterocycles. The zero-order valence-electron chi connectivity index (χ0n) is 14.3. The first-order valence-corrected chi connectivity index (χ1v) is 9.04. The third kappa shape index (κ3) is 5.23. The van der Waals surface area contributed by atoms with Gasteiger partial charge in [-0.25, -0.2) is 4.98 Å². The predicted octanol–water partition coefficient (Wildman–Crippen LogP) is 2.83. The van der Waals surface area contributed by atoms with Crippen molar-refractivity contribution in [2.75, 3.05) is 0 Å². The van der Waals surface area contributed by atoms with Gasteiger partial charge in [0, 0.05) is 23.1 Å². The van der Waals surface area contributed by atoms with Gasteiger partial charge in [-0.2, -0.15) is 0 Å². The Morgan fingerprint density at radius 3 is 2.67 bits per heavy atom. The van der Waals surface area contributed by atoms with Crippen LogP contribution in [0.4, 0.5) is 0 Å². The van der Waals surface area contributed by atoms with Gasteiger partial charge in [0.05, 0.1) is 6.42 Å². The number of H-pyrrole nitrogens is 1. The Labute approximate surface area is 146 Å². The first kappa shape index (κ1) is 18.3. The van der Waals surface area contributed by atoms with E-state index >= 15 is 0 Å². The van der Waals surface area contributed by atoms with E-state index in [1.807, 2.05) is 44.2 Å². The minimum Gasteiger partial charge on any atom is -0.353 e. The van der Waals surface area contributed by atoms with Crippen molar-refractivity contribution >= 4 is 17.7 Å². The van der Waals surface area contributed by atoms with E-state index in [9.17, 15) is 9.59 Å². The van der Waals surface area contributed by atoms with Gasteiger partial charge in [0.25, 0.3) is 5.56 Å². The number of nitrogens with one attached hydrogen (secondary N) is 2. The number of aromatic amines is 1. The molecule has 0 aliphatic carbocycles. The van der Waals surface area contributed by atoms with Crippen LogP contribution < -0.4 is 10.9 Å². The first-order valence-electron chi connectivity index (χ1n) is 8.05. The van der Waals surface area contributed by atoms with Crippen LogP contribution in [-0.4, -0.2) is 21.9 Å². The van der Waals surface area contributed by atoms with E-state index in [0.717, 1.165) is 12.2 Å². The van der Waals surface area contributed by atoms with Crippen LogP contribution in [0.5, 0.6) is 0 Å². The monoisotopic (exact) mass is 345 g/mol. The van der Waals surface area contributed by atoms with E-state index in [4.69, 9.17) is 0 Å². The summed E-state index contributed by atoms with van der Waals surface area (Å²) in [7, 11) is 0. The lowest BCUT2D eigenvalue weighted by atomic mass is 10.1. The minimum atomic E-state index is -0.239. The van der Waals surface area contributed by atoms with Gasteiger partial charge in [0.15, 0.2) is 5.16 Å². The Morgan fingerprint density at radius 2 is 2.04 bits per heavy atom. The fourth-order valence-electron chi connectivity index (χ4n) is 2.18. The number of nitrogens with zero attached hydrogens (tertiary/aromatic N) is 1. The summed E-state index contributed by atoms with van der Waals surface area (Å²) in [4.78, 5) is 31.5. The van der Waals surface area contributed by atoms with Crippen molar-refractivity contribution in [2.45, 2.75) is 50.6 Å². The van der Waals surface area contributed by atoms with Crippen molar-refractivity contribution in [3.8, 4) is 0 Å². The van der Waals surface area contributed by atoms with Gasteiger partial charge >= 0.3 is 0 Å². The second-order valence-electron chi connectivity index (χ2n) is 5.76. The van der Waals surface area contributed by atoms with Gasteiger partial charge in [-0.15, -0.1) is 0 Å².